The summed E-state index contributed by atoms with van der Waals surface area (Å²) in [5.41, 5.74) is 5.56. The molecule has 1 aliphatic carbocycles. The average molecular weight is 225 g/mol. The molecule has 0 bridgehead atoms. The van der Waals surface area contributed by atoms with Crippen molar-refractivity contribution >= 4 is 11.3 Å². The lowest BCUT2D eigenvalue weighted by atomic mass is 9.92. The fraction of sp³-hybridized carbons (Fsp3) is 0.818. The molecule has 0 radical (unpaired) electrons. The molecule has 15 heavy (non-hydrogen) atoms. The van der Waals surface area contributed by atoms with Gasteiger partial charge in [-0.2, -0.15) is 0 Å². The molecule has 1 fully saturated rings. The third-order valence-corrected chi connectivity index (χ3v) is 4.22. The second-order valence-corrected chi connectivity index (χ2v) is 5.37. The van der Waals surface area contributed by atoms with Crippen molar-refractivity contribution in [1.82, 2.24) is 10.2 Å². The second kappa shape index (κ2) is 5.56. The van der Waals surface area contributed by atoms with Crippen molar-refractivity contribution in [2.24, 2.45) is 5.73 Å². The van der Waals surface area contributed by atoms with E-state index in [0.29, 0.717) is 12.5 Å². The van der Waals surface area contributed by atoms with Crippen LogP contribution < -0.4 is 5.73 Å². The molecule has 0 amide bonds. The third kappa shape index (κ3) is 2.98. The number of nitrogens with zero attached hydrogens (tertiary/aromatic N) is 2. The Balaban J connectivity index is 2.00. The van der Waals surface area contributed by atoms with Crippen molar-refractivity contribution in [2.75, 3.05) is 0 Å². The highest BCUT2D eigenvalue weighted by Crippen LogP contribution is 2.32. The Bertz CT molecular complexity index is 290. The van der Waals surface area contributed by atoms with Crippen LogP contribution in [-0.4, -0.2) is 10.2 Å². The molecule has 2 rings (SSSR count). The predicted octanol–water partition coefficient (Wildman–Crippen LogP) is 2.82. The Morgan fingerprint density at radius 1 is 1.07 bits per heavy atom. The highest BCUT2D eigenvalue weighted by molar-refractivity contribution is 7.11. The first-order valence-corrected chi connectivity index (χ1v) is 6.74. The molecule has 1 aliphatic rings. The lowest BCUT2D eigenvalue weighted by molar-refractivity contribution is 0.453. The number of nitrogens with two attached hydrogens (primary N) is 1. The van der Waals surface area contributed by atoms with Crippen molar-refractivity contribution in [3.8, 4) is 0 Å². The SMILES string of the molecule is NCc1nnc(C2CCCCCCC2)s1. The molecular weight excluding hydrogens is 206 g/mol. The van der Waals surface area contributed by atoms with Gasteiger partial charge in [0.25, 0.3) is 0 Å². The molecule has 0 aromatic carbocycles. The van der Waals surface area contributed by atoms with Crippen LogP contribution in [-0.2, 0) is 6.54 Å². The molecule has 84 valence electrons. The van der Waals surface area contributed by atoms with Crippen LogP contribution in [0.25, 0.3) is 0 Å². The number of aromatic nitrogens is 2. The zero-order valence-corrected chi connectivity index (χ0v) is 9.93. The molecule has 1 heterocycles. The smallest absolute Gasteiger partial charge is 0.131 e. The van der Waals surface area contributed by atoms with Gasteiger partial charge in [-0.15, -0.1) is 10.2 Å². The van der Waals surface area contributed by atoms with Crippen molar-refractivity contribution in [3.63, 3.8) is 0 Å². The summed E-state index contributed by atoms with van der Waals surface area (Å²) in [6.07, 6.45) is 9.47. The van der Waals surface area contributed by atoms with E-state index in [-0.39, 0.29) is 0 Å². The summed E-state index contributed by atoms with van der Waals surface area (Å²) < 4.78 is 0. The van der Waals surface area contributed by atoms with Gasteiger partial charge < -0.3 is 5.73 Å². The highest BCUT2D eigenvalue weighted by Gasteiger charge is 2.17. The summed E-state index contributed by atoms with van der Waals surface area (Å²) in [7, 11) is 0. The van der Waals surface area contributed by atoms with Crippen LogP contribution in [0.1, 0.15) is 60.9 Å². The monoisotopic (exact) mass is 225 g/mol. The lowest BCUT2D eigenvalue weighted by Crippen LogP contribution is -2.01. The Morgan fingerprint density at radius 2 is 1.73 bits per heavy atom. The summed E-state index contributed by atoms with van der Waals surface area (Å²) in [4.78, 5) is 0. The lowest BCUT2D eigenvalue weighted by Gasteiger charge is -2.16. The summed E-state index contributed by atoms with van der Waals surface area (Å²) in [5, 5.41) is 10.6. The quantitative estimate of drug-likeness (QED) is 0.842. The van der Waals surface area contributed by atoms with Gasteiger partial charge >= 0.3 is 0 Å². The molecule has 4 heteroatoms. The van der Waals surface area contributed by atoms with Crippen LogP contribution in [0.5, 0.6) is 0 Å². The van der Waals surface area contributed by atoms with Gasteiger partial charge in [0, 0.05) is 12.5 Å². The van der Waals surface area contributed by atoms with E-state index < -0.39 is 0 Å². The minimum absolute atomic E-state index is 0.532. The van der Waals surface area contributed by atoms with Gasteiger partial charge in [0.2, 0.25) is 0 Å². The zero-order chi connectivity index (χ0) is 10.5. The Kier molecular flexibility index (Phi) is 4.09. The molecule has 2 N–H and O–H groups in total. The summed E-state index contributed by atoms with van der Waals surface area (Å²) >= 11 is 1.71. The van der Waals surface area contributed by atoms with Crippen LogP contribution in [0.3, 0.4) is 0 Å². The topological polar surface area (TPSA) is 51.8 Å². The predicted molar refractivity (Wildman–Crippen MR) is 62.9 cm³/mol. The number of rotatable bonds is 2. The van der Waals surface area contributed by atoms with Crippen molar-refractivity contribution in [3.05, 3.63) is 10.0 Å². The fourth-order valence-corrected chi connectivity index (χ4v) is 3.11. The molecule has 1 aromatic heterocycles. The van der Waals surface area contributed by atoms with Crippen LogP contribution in [0.4, 0.5) is 0 Å². The average Bonchev–Trinajstić information content (AvgIpc) is 2.65. The van der Waals surface area contributed by atoms with Crippen LogP contribution in [0, 0.1) is 0 Å². The standard InChI is InChI=1S/C11H19N3S/c12-8-10-13-14-11(15-10)9-6-4-2-1-3-5-7-9/h9H,1-8,12H2. The molecule has 0 aliphatic heterocycles. The molecule has 0 unspecified atom stereocenters. The maximum absolute atomic E-state index is 5.56. The highest BCUT2D eigenvalue weighted by atomic mass is 32.1. The zero-order valence-electron chi connectivity index (χ0n) is 9.11. The normalized spacial score (nSPS) is 19.8. The Labute approximate surface area is 95.1 Å². The van der Waals surface area contributed by atoms with Crippen LogP contribution >= 0.6 is 11.3 Å². The van der Waals surface area contributed by atoms with Gasteiger partial charge in [0.1, 0.15) is 10.0 Å². The first-order chi connectivity index (χ1) is 7.40. The van der Waals surface area contributed by atoms with E-state index in [2.05, 4.69) is 10.2 Å². The second-order valence-electron chi connectivity index (χ2n) is 4.28. The van der Waals surface area contributed by atoms with Gasteiger partial charge in [-0.3, -0.25) is 0 Å². The Morgan fingerprint density at radius 3 is 2.33 bits per heavy atom. The maximum atomic E-state index is 5.56. The largest absolute Gasteiger partial charge is 0.324 e. The van der Waals surface area contributed by atoms with E-state index in [1.54, 1.807) is 11.3 Å². The van der Waals surface area contributed by atoms with Gasteiger partial charge in [-0.05, 0) is 12.8 Å². The molecule has 0 spiro atoms. The van der Waals surface area contributed by atoms with Crippen molar-refractivity contribution in [1.29, 1.82) is 0 Å². The van der Waals surface area contributed by atoms with Gasteiger partial charge in [0.05, 0.1) is 0 Å². The summed E-state index contributed by atoms with van der Waals surface area (Å²) in [6, 6.07) is 0. The minimum atomic E-state index is 0.532. The van der Waals surface area contributed by atoms with E-state index in [0.717, 1.165) is 5.01 Å². The molecule has 0 atom stereocenters. The molecule has 3 nitrogen and oxygen atoms in total. The van der Waals surface area contributed by atoms with Gasteiger partial charge in [-0.25, -0.2) is 0 Å². The molecule has 0 saturated heterocycles. The van der Waals surface area contributed by atoms with E-state index >= 15 is 0 Å². The van der Waals surface area contributed by atoms with Crippen molar-refractivity contribution < 1.29 is 0 Å². The van der Waals surface area contributed by atoms with Gasteiger partial charge in [-0.1, -0.05) is 43.4 Å². The molecule has 1 aromatic rings. The van der Waals surface area contributed by atoms with Gasteiger partial charge in [0.15, 0.2) is 0 Å². The summed E-state index contributed by atoms with van der Waals surface area (Å²) in [5.74, 6) is 0.656. The van der Waals surface area contributed by atoms with E-state index in [1.165, 1.54) is 50.0 Å². The third-order valence-electron chi connectivity index (χ3n) is 3.11. The summed E-state index contributed by atoms with van der Waals surface area (Å²) in [6.45, 7) is 0.532. The van der Waals surface area contributed by atoms with Crippen LogP contribution in [0.2, 0.25) is 0 Å². The van der Waals surface area contributed by atoms with Crippen LogP contribution in [0.15, 0.2) is 0 Å². The van der Waals surface area contributed by atoms with E-state index in [9.17, 15) is 0 Å². The minimum Gasteiger partial charge on any atom is -0.324 e. The van der Waals surface area contributed by atoms with E-state index in [4.69, 9.17) is 5.73 Å². The van der Waals surface area contributed by atoms with Crippen molar-refractivity contribution in [2.45, 2.75) is 57.4 Å². The number of hydrogen-bond acceptors (Lipinski definition) is 4. The first-order valence-electron chi connectivity index (χ1n) is 5.92. The molecule has 1 saturated carbocycles. The molecular formula is C11H19N3S. The Hall–Kier alpha value is -0.480. The maximum Gasteiger partial charge on any atom is 0.131 e. The first kappa shape index (κ1) is 11.0. The fourth-order valence-electron chi connectivity index (χ4n) is 2.22. The number of hydrogen-bond donors (Lipinski definition) is 1. The van der Waals surface area contributed by atoms with E-state index in [1.807, 2.05) is 0 Å².